The van der Waals surface area contributed by atoms with Crippen LogP contribution < -0.4 is 5.32 Å². The van der Waals surface area contributed by atoms with Gasteiger partial charge in [-0.2, -0.15) is 0 Å². The van der Waals surface area contributed by atoms with E-state index in [-0.39, 0.29) is 5.56 Å². The highest BCUT2D eigenvalue weighted by molar-refractivity contribution is 6.31. The lowest BCUT2D eigenvalue weighted by Crippen LogP contribution is -2.03. The molecular weight excluding hydrogens is 252 g/mol. The Labute approximate surface area is 109 Å². The Kier molecular flexibility index (Phi) is 3.79. The van der Waals surface area contributed by atoms with Crippen molar-refractivity contribution in [2.24, 2.45) is 0 Å². The van der Waals surface area contributed by atoms with Gasteiger partial charge in [0.15, 0.2) is 0 Å². The van der Waals surface area contributed by atoms with E-state index >= 15 is 0 Å². The molecule has 2 rings (SSSR count). The zero-order chi connectivity index (χ0) is 13.0. The zero-order valence-electron chi connectivity index (χ0n) is 9.43. The largest absolute Gasteiger partial charge is 0.478 e. The number of benzene rings is 1. The van der Waals surface area contributed by atoms with Crippen LogP contribution in [-0.2, 0) is 6.54 Å². The standard InChI is InChI=1S/C13H11ClN2O2/c14-12-4-2-1-3-9(12)7-16-11-5-10(13(17)18)6-15-8-11/h1-6,8,16H,7H2,(H,17,18). The summed E-state index contributed by atoms with van der Waals surface area (Å²) in [7, 11) is 0. The van der Waals surface area contributed by atoms with E-state index in [1.165, 1.54) is 12.3 Å². The van der Waals surface area contributed by atoms with Crippen LogP contribution in [0.2, 0.25) is 5.02 Å². The summed E-state index contributed by atoms with van der Waals surface area (Å²) in [5.41, 5.74) is 1.74. The molecule has 0 amide bonds. The molecule has 1 aromatic heterocycles. The molecule has 0 atom stereocenters. The van der Waals surface area contributed by atoms with Gasteiger partial charge in [-0.25, -0.2) is 4.79 Å². The maximum atomic E-state index is 10.8. The number of aromatic nitrogens is 1. The van der Waals surface area contributed by atoms with Crippen LogP contribution in [0.1, 0.15) is 15.9 Å². The number of carboxylic acids is 1. The topological polar surface area (TPSA) is 62.2 Å². The van der Waals surface area contributed by atoms with Crippen LogP contribution in [0.3, 0.4) is 0 Å². The van der Waals surface area contributed by atoms with E-state index in [4.69, 9.17) is 16.7 Å². The molecule has 1 heterocycles. The van der Waals surface area contributed by atoms with Crippen molar-refractivity contribution >= 4 is 23.3 Å². The van der Waals surface area contributed by atoms with E-state index < -0.39 is 5.97 Å². The normalized spacial score (nSPS) is 10.1. The van der Waals surface area contributed by atoms with E-state index in [0.29, 0.717) is 17.3 Å². The summed E-state index contributed by atoms with van der Waals surface area (Å²) >= 11 is 6.02. The van der Waals surface area contributed by atoms with E-state index in [1.807, 2.05) is 24.3 Å². The molecule has 18 heavy (non-hydrogen) atoms. The number of aromatic carboxylic acids is 1. The summed E-state index contributed by atoms with van der Waals surface area (Å²) in [6.07, 6.45) is 2.88. The zero-order valence-corrected chi connectivity index (χ0v) is 10.2. The lowest BCUT2D eigenvalue weighted by molar-refractivity contribution is 0.0696. The molecule has 0 saturated carbocycles. The van der Waals surface area contributed by atoms with Crippen molar-refractivity contribution in [3.8, 4) is 0 Å². The molecule has 0 unspecified atom stereocenters. The lowest BCUT2D eigenvalue weighted by atomic mass is 10.2. The average Bonchev–Trinajstić information content (AvgIpc) is 2.38. The predicted molar refractivity (Wildman–Crippen MR) is 70.0 cm³/mol. The minimum absolute atomic E-state index is 0.152. The van der Waals surface area contributed by atoms with Crippen LogP contribution in [0, 0.1) is 0 Å². The number of carbonyl (C=O) groups is 1. The molecule has 2 N–H and O–H groups in total. The summed E-state index contributed by atoms with van der Waals surface area (Å²) in [6, 6.07) is 9.01. The third kappa shape index (κ3) is 2.99. The summed E-state index contributed by atoms with van der Waals surface area (Å²) in [6.45, 7) is 0.518. The fourth-order valence-electron chi connectivity index (χ4n) is 1.49. The second-order valence-corrected chi connectivity index (χ2v) is 4.12. The Bertz CT molecular complexity index is 572. The third-order valence-electron chi connectivity index (χ3n) is 2.43. The highest BCUT2D eigenvalue weighted by Crippen LogP contribution is 2.17. The van der Waals surface area contributed by atoms with Gasteiger partial charge in [-0.1, -0.05) is 29.8 Å². The lowest BCUT2D eigenvalue weighted by Gasteiger charge is -2.08. The molecule has 1 aromatic carbocycles. The van der Waals surface area contributed by atoms with Crippen LogP contribution in [0.15, 0.2) is 42.7 Å². The molecule has 0 bridgehead atoms. The maximum absolute atomic E-state index is 10.8. The van der Waals surface area contributed by atoms with Crippen LogP contribution in [0.25, 0.3) is 0 Å². The highest BCUT2D eigenvalue weighted by Gasteiger charge is 2.04. The number of nitrogens with zero attached hydrogens (tertiary/aromatic N) is 1. The van der Waals surface area contributed by atoms with E-state index in [2.05, 4.69) is 10.3 Å². The number of carboxylic acid groups (broad SMARTS) is 1. The first kappa shape index (κ1) is 12.4. The Morgan fingerprint density at radius 2 is 2.11 bits per heavy atom. The molecule has 92 valence electrons. The van der Waals surface area contributed by atoms with Crippen molar-refractivity contribution in [3.63, 3.8) is 0 Å². The van der Waals surface area contributed by atoms with Crippen LogP contribution in [0.5, 0.6) is 0 Å². The van der Waals surface area contributed by atoms with Gasteiger partial charge in [0.2, 0.25) is 0 Å². The molecule has 0 aliphatic heterocycles. The van der Waals surface area contributed by atoms with E-state index in [1.54, 1.807) is 6.20 Å². The van der Waals surface area contributed by atoms with Crippen molar-refractivity contribution < 1.29 is 9.90 Å². The number of halogens is 1. The maximum Gasteiger partial charge on any atom is 0.337 e. The molecule has 2 aromatic rings. The summed E-state index contributed by atoms with van der Waals surface area (Å²) in [4.78, 5) is 14.7. The van der Waals surface area contributed by atoms with Gasteiger partial charge in [-0.15, -0.1) is 0 Å². The van der Waals surface area contributed by atoms with Crippen molar-refractivity contribution in [3.05, 3.63) is 58.9 Å². The monoisotopic (exact) mass is 262 g/mol. The Balaban J connectivity index is 2.09. The number of anilines is 1. The van der Waals surface area contributed by atoms with Gasteiger partial charge in [0.05, 0.1) is 11.3 Å². The first-order valence-corrected chi connectivity index (χ1v) is 5.70. The summed E-state index contributed by atoms with van der Waals surface area (Å²) in [5, 5.41) is 12.6. The highest BCUT2D eigenvalue weighted by atomic mass is 35.5. The SMILES string of the molecule is O=C(O)c1cncc(NCc2ccccc2Cl)c1. The first-order chi connectivity index (χ1) is 8.66. The van der Waals surface area contributed by atoms with Crippen molar-refractivity contribution in [2.45, 2.75) is 6.54 Å². The minimum Gasteiger partial charge on any atom is -0.478 e. The van der Waals surface area contributed by atoms with Gasteiger partial charge in [0, 0.05) is 24.0 Å². The molecule has 0 saturated heterocycles. The number of rotatable bonds is 4. The van der Waals surface area contributed by atoms with Crippen molar-refractivity contribution in [1.29, 1.82) is 0 Å². The smallest absolute Gasteiger partial charge is 0.337 e. The molecule has 4 nitrogen and oxygen atoms in total. The molecule has 0 radical (unpaired) electrons. The number of hydrogen-bond donors (Lipinski definition) is 2. The molecule has 0 spiro atoms. The second-order valence-electron chi connectivity index (χ2n) is 3.71. The Morgan fingerprint density at radius 3 is 2.83 bits per heavy atom. The fourth-order valence-corrected chi connectivity index (χ4v) is 1.70. The van der Waals surface area contributed by atoms with Gasteiger partial charge in [0.1, 0.15) is 0 Å². The fraction of sp³-hybridized carbons (Fsp3) is 0.0769. The number of nitrogens with one attached hydrogen (secondary N) is 1. The Hall–Kier alpha value is -2.07. The van der Waals surface area contributed by atoms with E-state index in [0.717, 1.165) is 5.56 Å². The minimum atomic E-state index is -0.996. The predicted octanol–water partition coefficient (Wildman–Crippen LogP) is 3.05. The summed E-state index contributed by atoms with van der Waals surface area (Å²) < 4.78 is 0. The van der Waals surface area contributed by atoms with Gasteiger partial charge in [-0.05, 0) is 17.7 Å². The molecule has 0 aliphatic rings. The van der Waals surface area contributed by atoms with Crippen molar-refractivity contribution in [2.75, 3.05) is 5.32 Å². The van der Waals surface area contributed by atoms with Crippen molar-refractivity contribution in [1.82, 2.24) is 4.98 Å². The second kappa shape index (κ2) is 5.51. The average molecular weight is 263 g/mol. The Morgan fingerprint density at radius 1 is 1.33 bits per heavy atom. The number of pyridine rings is 1. The summed E-state index contributed by atoms with van der Waals surface area (Å²) in [5.74, 6) is -0.996. The van der Waals surface area contributed by atoms with E-state index in [9.17, 15) is 4.79 Å². The molecule has 0 aliphatic carbocycles. The quantitative estimate of drug-likeness (QED) is 0.889. The van der Waals surface area contributed by atoms with Crippen LogP contribution in [-0.4, -0.2) is 16.1 Å². The molecule has 0 fully saturated rings. The molecule has 5 heteroatoms. The third-order valence-corrected chi connectivity index (χ3v) is 2.79. The van der Waals surface area contributed by atoms with Crippen LogP contribution >= 0.6 is 11.6 Å². The molecular formula is C13H11ClN2O2. The number of hydrogen-bond acceptors (Lipinski definition) is 3. The first-order valence-electron chi connectivity index (χ1n) is 5.32. The van der Waals surface area contributed by atoms with Gasteiger partial charge in [-0.3, -0.25) is 4.98 Å². The van der Waals surface area contributed by atoms with Gasteiger partial charge < -0.3 is 10.4 Å². The van der Waals surface area contributed by atoms with Gasteiger partial charge in [0.25, 0.3) is 0 Å². The van der Waals surface area contributed by atoms with Crippen LogP contribution in [0.4, 0.5) is 5.69 Å². The van der Waals surface area contributed by atoms with Gasteiger partial charge >= 0.3 is 5.97 Å².